The number of hydrogen-bond acceptors (Lipinski definition) is 2. The van der Waals surface area contributed by atoms with E-state index in [-0.39, 0.29) is 7.43 Å². The molecule has 0 spiro atoms. The van der Waals surface area contributed by atoms with Crippen LogP contribution in [-0.2, 0) is 24.6 Å². The van der Waals surface area contributed by atoms with E-state index in [1.54, 1.807) is 0 Å². The Morgan fingerprint density at radius 1 is 0.639 bits per heavy atom. The third-order valence-corrected chi connectivity index (χ3v) is 6.20. The van der Waals surface area contributed by atoms with E-state index in [1.807, 2.05) is 0 Å². The molecule has 0 unspecified atom stereocenters. The van der Waals surface area contributed by atoms with Gasteiger partial charge in [0.1, 0.15) is 0 Å². The Hall–Kier alpha value is -2.05. The van der Waals surface area contributed by atoms with Crippen molar-refractivity contribution in [2.24, 2.45) is 9.98 Å². The van der Waals surface area contributed by atoms with E-state index in [4.69, 9.17) is 9.98 Å². The Kier molecular flexibility index (Phi) is 13.6. The molecule has 0 saturated heterocycles. The fourth-order valence-electron chi connectivity index (χ4n) is 4.60. The van der Waals surface area contributed by atoms with Gasteiger partial charge in [-0.25, -0.2) is 0 Å². The first-order valence-corrected chi connectivity index (χ1v) is 14.2. The Balaban J connectivity index is 0.00000211. The molecule has 0 radical (unpaired) electrons. The molecular weight excluding hydrogens is 554 g/mol. The average Bonchev–Trinajstić information content (AvgIpc) is 2.80. The molecule has 0 heterocycles. The summed E-state index contributed by atoms with van der Waals surface area (Å²) in [6.45, 7) is 17.2. The summed E-state index contributed by atoms with van der Waals surface area (Å²) in [5.74, 6) is 0. The maximum atomic E-state index is 5.26. The zero-order valence-corrected chi connectivity index (χ0v) is 25.6. The second-order valence-electron chi connectivity index (χ2n) is 9.45. The van der Waals surface area contributed by atoms with Crippen LogP contribution in [0.4, 0.5) is 11.4 Å². The van der Waals surface area contributed by atoms with E-state index < -0.39 is 0 Å². The Morgan fingerprint density at radius 2 is 1.03 bits per heavy atom. The van der Waals surface area contributed by atoms with Gasteiger partial charge in [0, 0.05) is 0 Å². The molecule has 3 rings (SSSR count). The van der Waals surface area contributed by atoms with Crippen LogP contribution >= 0.6 is 9.53 Å². The molecule has 0 amide bonds. The van der Waals surface area contributed by atoms with Crippen LogP contribution in [0.5, 0.6) is 0 Å². The van der Waals surface area contributed by atoms with Gasteiger partial charge >= 0.3 is 27.7 Å². The summed E-state index contributed by atoms with van der Waals surface area (Å²) >= 11 is 2.22. The van der Waals surface area contributed by atoms with Gasteiger partial charge in [-0.2, -0.15) is 0 Å². The standard InChI is InChI=1S/C31H38N2.CH3.ClH.Pd/c1-9-28(32-30-23(5)16-21(3)17-24(30)6)29(15-14-27-12-10-20(2)11-13-27)33-31-25(7)18-22(4)19-26(31)8;;;/h10-13,16-19H,9,14-15H2,1-8H3;1H3;1H;/q;-1;;+2/p-1. The van der Waals surface area contributed by atoms with Crippen LogP contribution in [0, 0.1) is 55.9 Å². The summed E-state index contributed by atoms with van der Waals surface area (Å²) in [5, 5.41) is 0. The van der Waals surface area contributed by atoms with E-state index in [0.29, 0.717) is 0 Å². The number of halogens is 1. The summed E-state index contributed by atoms with van der Waals surface area (Å²) in [6, 6.07) is 17.7. The van der Waals surface area contributed by atoms with Gasteiger partial charge < -0.3 is 7.43 Å². The van der Waals surface area contributed by atoms with Crippen molar-refractivity contribution in [1.29, 1.82) is 0 Å². The van der Waals surface area contributed by atoms with Crippen molar-refractivity contribution in [3.8, 4) is 0 Å². The SMILES string of the molecule is CCC(=Nc1c(C)cc(C)cc1C)C(CCc1ccc(C)cc1)=Nc1c(C)cc(C)cc1C.[CH3-].[Cl][Pd+]. The quantitative estimate of drug-likeness (QED) is 0.148. The predicted molar refractivity (Wildman–Crippen MR) is 158 cm³/mol. The zero-order chi connectivity index (χ0) is 26.1. The van der Waals surface area contributed by atoms with Crippen LogP contribution in [0.2, 0.25) is 0 Å². The molecule has 3 aromatic carbocycles. The topological polar surface area (TPSA) is 24.7 Å². The second kappa shape index (κ2) is 15.3. The van der Waals surface area contributed by atoms with Gasteiger partial charge in [-0.05, 0) is 95.5 Å². The normalized spacial score (nSPS) is 11.5. The van der Waals surface area contributed by atoms with Crippen molar-refractivity contribution in [2.75, 3.05) is 0 Å². The molecule has 0 aliphatic carbocycles. The van der Waals surface area contributed by atoms with Gasteiger partial charge in [-0.1, -0.05) is 72.1 Å². The summed E-state index contributed by atoms with van der Waals surface area (Å²) < 4.78 is 0. The first kappa shape index (κ1) is 32.0. The number of benzene rings is 3. The van der Waals surface area contributed by atoms with Crippen LogP contribution in [0.25, 0.3) is 0 Å². The molecule has 4 heteroatoms. The van der Waals surface area contributed by atoms with Crippen molar-refractivity contribution in [1.82, 2.24) is 0 Å². The van der Waals surface area contributed by atoms with E-state index in [1.165, 1.54) is 44.5 Å². The molecule has 0 atom stereocenters. The molecule has 36 heavy (non-hydrogen) atoms. The molecule has 2 nitrogen and oxygen atoms in total. The molecule has 3 aromatic rings. The van der Waals surface area contributed by atoms with Crippen LogP contribution in [0.3, 0.4) is 0 Å². The summed E-state index contributed by atoms with van der Waals surface area (Å²) in [4.78, 5) is 10.5. The van der Waals surface area contributed by atoms with E-state index in [9.17, 15) is 0 Å². The molecule has 0 bridgehead atoms. The van der Waals surface area contributed by atoms with Crippen molar-refractivity contribution in [2.45, 2.75) is 74.7 Å². The van der Waals surface area contributed by atoms with Crippen molar-refractivity contribution >= 4 is 32.3 Å². The van der Waals surface area contributed by atoms with Gasteiger partial charge in [0.15, 0.2) is 0 Å². The van der Waals surface area contributed by atoms with Gasteiger partial charge in [0.2, 0.25) is 0 Å². The van der Waals surface area contributed by atoms with Crippen LogP contribution in [0.15, 0.2) is 58.5 Å². The van der Waals surface area contributed by atoms with E-state index in [2.05, 4.69) is 132 Å². The van der Waals surface area contributed by atoms with Gasteiger partial charge in [-0.3, -0.25) is 9.98 Å². The zero-order valence-electron chi connectivity index (χ0n) is 23.3. The molecule has 0 fully saturated rings. The molecule has 0 aliphatic heterocycles. The number of hydrogen-bond donors (Lipinski definition) is 0. The molecular formula is C32H41ClN2Pd. The van der Waals surface area contributed by atoms with Gasteiger partial charge in [-0.15, -0.1) is 0 Å². The number of aliphatic imine (C=N–C) groups is 2. The Morgan fingerprint density at radius 3 is 1.42 bits per heavy atom. The average molecular weight is 596 g/mol. The molecule has 196 valence electrons. The number of rotatable bonds is 7. The van der Waals surface area contributed by atoms with Gasteiger partial charge in [0.05, 0.1) is 22.8 Å². The maximum absolute atomic E-state index is 5.26. The van der Waals surface area contributed by atoms with Gasteiger partial charge in [0.25, 0.3) is 0 Å². The minimum atomic E-state index is 0. The van der Waals surface area contributed by atoms with Crippen molar-refractivity contribution in [3.63, 3.8) is 0 Å². The predicted octanol–water partition coefficient (Wildman–Crippen LogP) is 9.87. The van der Waals surface area contributed by atoms with Crippen molar-refractivity contribution in [3.05, 3.63) is 100 Å². The fourth-order valence-corrected chi connectivity index (χ4v) is 4.60. The number of nitrogens with zero attached hydrogens (tertiary/aromatic N) is 2. The Labute approximate surface area is 234 Å². The minimum absolute atomic E-state index is 0. The molecule has 0 saturated carbocycles. The fraction of sp³-hybridized carbons (Fsp3) is 0.344. The van der Waals surface area contributed by atoms with Crippen molar-refractivity contribution < 1.29 is 18.2 Å². The van der Waals surface area contributed by atoms with E-state index >= 15 is 0 Å². The monoisotopic (exact) mass is 594 g/mol. The first-order valence-electron chi connectivity index (χ1n) is 12.2. The molecule has 0 aromatic heterocycles. The molecule has 0 aliphatic rings. The summed E-state index contributed by atoms with van der Waals surface area (Å²) in [6.07, 6.45) is 2.67. The second-order valence-corrected chi connectivity index (χ2v) is 9.45. The third-order valence-electron chi connectivity index (χ3n) is 6.20. The first-order chi connectivity index (χ1) is 16.7. The van der Waals surface area contributed by atoms with E-state index in [0.717, 1.165) is 42.1 Å². The summed E-state index contributed by atoms with van der Waals surface area (Å²) in [5.41, 5.74) is 14.4. The van der Waals surface area contributed by atoms with Crippen LogP contribution < -0.4 is 0 Å². The number of aryl methyl sites for hydroxylation is 8. The molecule has 0 N–H and O–H groups in total. The van der Waals surface area contributed by atoms with Crippen LogP contribution in [-0.4, -0.2) is 11.4 Å². The summed E-state index contributed by atoms with van der Waals surface area (Å²) in [7, 11) is 4.49. The third kappa shape index (κ3) is 8.81. The van der Waals surface area contributed by atoms with Crippen LogP contribution in [0.1, 0.15) is 64.3 Å². The Bertz CT molecular complexity index is 1160.